The van der Waals surface area contributed by atoms with Crippen molar-refractivity contribution in [3.63, 3.8) is 0 Å². The van der Waals surface area contributed by atoms with E-state index in [1.165, 1.54) is 31.4 Å². The van der Waals surface area contributed by atoms with Gasteiger partial charge >= 0.3 is 0 Å². The van der Waals surface area contributed by atoms with Crippen molar-refractivity contribution < 1.29 is 18.4 Å². The summed E-state index contributed by atoms with van der Waals surface area (Å²) in [7, 11) is 0. The molecule has 6 heteroatoms. The fraction of sp³-hybridized carbons (Fsp3) is 0.600. The number of hydrogen-bond donors (Lipinski definition) is 1. The van der Waals surface area contributed by atoms with Crippen LogP contribution in [0, 0.1) is 17.6 Å². The van der Waals surface area contributed by atoms with Crippen molar-refractivity contribution in [3.8, 4) is 0 Å². The number of carbonyl (C=O) groups excluding carboxylic acids is 2. The summed E-state index contributed by atoms with van der Waals surface area (Å²) in [6.07, 6.45) is 8.00. The highest BCUT2D eigenvalue weighted by molar-refractivity contribution is 5.85. The summed E-state index contributed by atoms with van der Waals surface area (Å²) >= 11 is 0. The zero-order chi connectivity index (χ0) is 18.5. The smallest absolute Gasteiger partial charge is 0.242 e. The molecule has 142 valence electrons. The van der Waals surface area contributed by atoms with Crippen LogP contribution in [0.25, 0.3) is 0 Å². The largest absolute Gasteiger partial charge is 0.347 e. The van der Waals surface area contributed by atoms with Crippen LogP contribution < -0.4 is 5.32 Å². The highest BCUT2D eigenvalue weighted by Crippen LogP contribution is 2.29. The van der Waals surface area contributed by atoms with Crippen molar-refractivity contribution in [2.45, 2.75) is 64.0 Å². The van der Waals surface area contributed by atoms with Gasteiger partial charge in [-0.1, -0.05) is 25.3 Å². The van der Waals surface area contributed by atoms with Gasteiger partial charge in [0.15, 0.2) is 0 Å². The number of halogens is 2. The first-order chi connectivity index (χ1) is 12.5. The second kappa shape index (κ2) is 8.60. The van der Waals surface area contributed by atoms with E-state index < -0.39 is 11.6 Å². The Morgan fingerprint density at radius 1 is 1.08 bits per heavy atom. The van der Waals surface area contributed by atoms with E-state index in [-0.39, 0.29) is 30.9 Å². The molecule has 2 saturated carbocycles. The molecule has 4 nitrogen and oxygen atoms in total. The highest BCUT2D eigenvalue weighted by Gasteiger charge is 2.33. The molecule has 2 fully saturated rings. The first kappa shape index (κ1) is 18.8. The van der Waals surface area contributed by atoms with Crippen molar-refractivity contribution >= 4 is 11.8 Å². The first-order valence-electron chi connectivity index (χ1n) is 9.53. The van der Waals surface area contributed by atoms with Gasteiger partial charge in [-0.25, -0.2) is 8.78 Å². The first-order valence-corrected chi connectivity index (χ1v) is 9.53. The Labute approximate surface area is 152 Å². The quantitative estimate of drug-likeness (QED) is 0.804. The third-order valence-corrected chi connectivity index (χ3v) is 5.30. The summed E-state index contributed by atoms with van der Waals surface area (Å²) in [5.74, 6) is -1.16. The van der Waals surface area contributed by atoms with Crippen LogP contribution >= 0.6 is 0 Å². The van der Waals surface area contributed by atoms with Gasteiger partial charge in [-0.3, -0.25) is 9.59 Å². The van der Waals surface area contributed by atoms with E-state index in [2.05, 4.69) is 5.32 Å². The molecule has 0 unspecified atom stereocenters. The number of nitrogens with one attached hydrogen (secondary N) is 1. The molecule has 0 heterocycles. The van der Waals surface area contributed by atoms with Gasteiger partial charge < -0.3 is 10.2 Å². The lowest BCUT2D eigenvalue weighted by Crippen LogP contribution is -2.41. The molecular formula is C20H26F2N2O2. The van der Waals surface area contributed by atoms with Crippen LogP contribution in [0.15, 0.2) is 18.2 Å². The zero-order valence-electron chi connectivity index (χ0n) is 15.0. The van der Waals surface area contributed by atoms with Gasteiger partial charge in [-0.05, 0) is 37.7 Å². The van der Waals surface area contributed by atoms with Gasteiger partial charge in [0.05, 0.1) is 6.54 Å². The van der Waals surface area contributed by atoms with Gasteiger partial charge in [-0.2, -0.15) is 0 Å². The molecule has 1 aromatic carbocycles. The standard InChI is InChI=1S/C20H26F2N2O2/c21-16-7-6-15(18(22)11-16)13-24(17-8-9-17)20(26)12-23-19(25)10-14-4-2-1-3-5-14/h6-7,11,14,17H,1-5,8-10,12-13H2,(H,23,25). The molecule has 0 atom stereocenters. The Hall–Kier alpha value is -1.98. The van der Waals surface area contributed by atoms with Crippen LogP contribution in [0.1, 0.15) is 56.9 Å². The molecule has 0 bridgehead atoms. The molecule has 0 aliphatic heterocycles. The molecule has 1 aromatic rings. The summed E-state index contributed by atoms with van der Waals surface area (Å²) in [5, 5.41) is 2.72. The predicted molar refractivity (Wildman–Crippen MR) is 94.1 cm³/mol. The van der Waals surface area contributed by atoms with Gasteiger partial charge in [0.25, 0.3) is 0 Å². The number of carbonyl (C=O) groups is 2. The lowest BCUT2D eigenvalue weighted by molar-refractivity contribution is -0.134. The highest BCUT2D eigenvalue weighted by atomic mass is 19.1. The van der Waals surface area contributed by atoms with Crippen LogP contribution in [-0.2, 0) is 16.1 Å². The molecule has 0 spiro atoms. The van der Waals surface area contributed by atoms with E-state index in [0.717, 1.165) is 31.7 Å². The van der Waals surface area contributed by atoms with Crippen molar-refractivity contribution in [2.75, 3.05) is 6.54 Å². The number of rotatable bonds is 7. The van der Waals surface area contributed by atoms with E-state index in [9.17, 15) is 18.4 Å². The third kappa shape index (κ3) is 5.26. The molecule has 2 aliphatic carbocycles. The fourth-order valence-corrected chi connectivity index (χ4v) is 3.64. The van der Waals surface area contributed by atoms with Crippen LogP contribution in [0.2, 0.25) is 0 Å². The SMILES string of the molecule is O=C(CC1CCCCC1)NCC(=O)N(Cc1ccc(F)cc1F)C1CC1. The minimum atomic E-state index is -0.648. The zero-order valence-corrected chi connectivity index (χ0v) is 15.0. The molecular weight excluding hydrogens is 338 g/mol. The molecule has 0 saturated heterocycles. The average molecular weight is 364 g/mol. The summed E-state index contributed by atoms with van der Waals surface area (Å²) in [4.78, 5) is 26.2. The van der Waals surface area contributed by atoms with Crippen molar-refractivity contribution in [3.05, 3.63) is 35.4 Å². The molecule has 2 aliphatic rings. The number of nitrogens with zero attached hydrogens (tertiary/aromatic N) is 1. The summed E-state index contributed by atoms with van der Waals surface area (Å²) in [5.41, 5.74) is 0.292. The van der Waals surface area contributed by atoms with Crippen molar-refractivity contribution in [2.24, 2.45) is 5.92 Å². The van der Waals surface area contributed by atoms with Crippen molar-refractivity contribution in [1.82, 2.24) is 10.2 Å². The van der Waals surface area contributed by atoms with Gasteiger partial charge in [0.1, 0.15) is 11.6 Å². The summed E-state index contributed by atoms with van der Waals surface area (Å²) in [6, 6.07) is 3.48. The van der Waals surface area contributed by atoms with Gasteiger partial charge in [-0.15, -0.1) is 0 Å². The van der Waals surface area contributed by atoms with Crippen LogP contribution in [0.4, 0.5) is 8.78 Å². The molecule has 1 N–H and O–H groups in total. The topological polar surface area (TPSA) is 49.4 Å². The average Bonchev–Trinajstić information content (AvgIpc) is 3.45. The molecule has 0 aromatic heterocycles. The lowest BCUT2D eigenvalue weighted by Gasteiger charge is -2.24. The maximum Gasteiger partial charge on any atom is 0.242 e. The number of amides is 2. The molecule has 26 heavy (non-hydrogen) atoms. The molecule has 3 rings (SSSR count). The second-order valence-electron chi connectivity index (χ2n) is 7.47. The molecule has 0 radical (unpaired) electrons. The second-order valence-corrected chi connectivity index (χ2v) is 7.47. The van der Waals surface area contributed by atoms with Crippen LogP contribution in [0.5, 0.6) is 0 Å². The van der Waals surface area contributed by atoms with Crippen molar-refractivity contribution in [1.29, 1.82) is 0 Å². The van der Waals surface area contributed by atoms with Gasteiger partial charge in [0, 0.05) is 30.6 Å². The van der Waals surface area contributed by atoms with E-state index in [0.29, 0.717) is 17.9 Å². The van der Waals surface area contributed by atoms with Crippen LogP contribution in [-0.4, -0.2) is 29.3 Å². The minimum absolute atomic E-state index is 0.0646. The van der Waals surface area contributed by atoms with E-state index in [1.54, 1.807) is 4.90 Å². The van der Waals surface area contributed by atoms with E-state index in [4.69, 9.17) is 0 Å². The monoisotopic (exact) mass is 364 g/mol. The number of benzene rings is 1. The van der Waals surface area contributed by atoms with Gasteiger partial charge in [0.2, 0.25) is 11.8 Å². The van der Waals surface area contributed by atoms with Crippen LogP contribution in [0.3, 0.4) is 0 Å². The summed E-state index contributed by atoms with van der Waals surface area (Å²) in [6.45, 7) is 0.0407. The molecule has 2 amide bonds. The normalized spacial score (nSPS) is 17.8. The number of hydrogen-bond acceptors (Lipinski definition) is 2. The predicted octanol–water partition coefficient (Wildman–Crippen LogP) is 3.54. The van der Waals surface area contributed by atoms with E-state index in [1.807, 2.05) is 0 Å². The summed E-state index contributed by atoms with van der Waals surface area (Å²) < 4.78 is 26.9. The minimum Gasteiger partial charge on any atom is -0.347 e. The Kier molecular flexibility index (Phi) is 6.22. The third-order valence-electron chi connectivity index (χ3n) is 5.30. The Balaban J connectivity index is 1.51. The Morgan fingerprint density at radius 2 is 1.81 bits per heavy atom. The maximum absolute atomic E-state index is 13.9. The van der Waals surface area contributed by atoms with E-state index >= 15 is 0 Å². The fourth-order valence-electron chi connectivity index (χ4n) is 3.64. The maximum atomic E-state index is 13.9. The Morgan fingerprint density at radius 3 is 2.46 bits per heavy atom. The Bertz CT molecular complexity index is 655. The lowest BCUT2D eigenvalue weighted by atomic mass is 9.87.